The number of aliphatic carboxylic acids is 1. The predicted molar refractivity (Wildman–Crippen MR) is 76.9 cm³/mol. The zero-order chi connectivity index (χ0) is 15.4. The van der Waals surface area contributed by atoms with Crippen LogP contribution in [-0.4, -0.2) is 47.3 Å². The van der Waals surface area contributed by atoms with Crippen LogP contribution in [0.25, 0.3) is 0 Å². The highest BCUT2D eigenvalue weighted by Crippen LogP contribution is 2.15. The first-order valence-corrected chi connectivity index (χ1v) is 6.96. The minimum atomic E-state index is -1.08. The molecule has 21 heavy (non-hydrogen) atoms. The number of hydrogen-bond acceptors (Lipinski definition) is 3. The van der Waals surface area contributed by atoms with E-state index in [2.05, 4.69) is 5.32 Å². The molecule has 0 aromatic heterocycles. The molecule has 0 aliphatic carbocycles. The number of hydrogen-bond donors (Lipinski definition) is 2. The number of morpholine rings is 1. The van der Waals surface area contributed by atoms with Crippen LogP contribution in [0.3, 0.4) is 0 Å². The smallest absolute Gasteiger partial charge is 0.330 e. The molecule has 0 bridgehead atoms. The zero-order valence-corrected chi connectivity index (χ0v) is 12.2. The molecule has 1 aliphatic heterocycles. The van der Waals surface area contributed by atoms with Crippen LogP contribution in [0.2, 0.25) is 0 Å². The third kappa shape index (κ3) is 3.95. The Bertz CT molecular complexity index is 496. The zero-order valence-electron chi connectivity index (χ0n) is 12.2. The number of nitrogens with zero attached hydrogens (tertiary/aromatic N) is 1. The van der Waals surface area contributed by atoms with Gasteiger partial charge in [-0.2, -0.15) is 0 Å². The molecule has 2 amide bonds. The van der Waals surface area contributed by atoms with Crippen LogP contribution in [0, 0.1) is 0 Å². The Balaban J connectivity index is 2.07. The highest BCUT2D eigenvalue weighted by Gasteiger charge is 2.29. The topological polar surface area (TPSA) is 78.9 Å². The van der Waals surface area contributed by atoms with Crippen molar-refractivity contribution in [3.8, 4) is 0 Å². The van der Waals surface area contributed by atoms with Crippen LogP contribution in [0.1, 0.15) is 25.5 Å². The number of carboxylic acid groups (broad SMARTS) is 1. The lowest BCUT2D eigenvalue weighted by Crippen LogP contribution is -2.52. The van der Waals surface area contributed by atoms with Crippen molar-refractivity contribution in [2.45, 2.75) is 32.1 Å². The summed E-state index contributed by atoms with van der Waals surface area (Å²) in [5, 5.41) is 11.9. The van der Waals surface area contributed by atoms with Gasteiger partial charge in [-0.1, -0.05) is 30.3 Å². The van der Waals surface area contributed by atoms with E-state index in [-0.39, 0.29) is 18.2 Å². The van der Waals surface area contributed by atoms with Gasteiger partial charge in [0.1, 0.15) is 0 Å². The maximum atomic E-state index is 12.3. The van der Waals surface area contributed by atoms with Gasteiger partial charge < -0.3 is 20.1 Å². The number of urea groups is 1. The van der Waals surface area contributed by atoms with Crippen LogP contribution in [0.15, 0.2) is 30.3 Å². The van der Waals surface area contributed by atoms with Gasteiger partial charge in [0.2, 0.25) is 0 Å². The Labute approximate surface area is 123 Å². The summed E-state index contributed by atoms with van der Waals surface area (Å²) in [5.41, 5.74) is 0.549. The van der Waals surface area contributed by atoms with Crippen molar-refractivity contribution in [2.75, 3.05) is 13.1 Å². The minimum absolute atomic E-state index is 0.0560. The molecule has 1 aliphatic rings. The molecule has 6 heteroatoms. The van der Waals surface area contributed by atoms with Gasteiger partial charge in [0, 0.05) is 13.1 Å². The molecule has 1 aromatic carbocycles. The number of amides is 2. The van der Waals surface area contributed by atoms with E-state index < -0.39 is 12.0 Å². The van der Waals surface area contributed by atoms with Crippen LogP contribution in [0.5, 0.6) is 0 Å². The normalized spacial score (nSPS) is 23.4. The molecule has 114 valence electrons. The number of benzene rings is 1. The second-order valence-electron chi connectivity index (χ2n) is 5.29. The van der Waals surface area contributed by atoms with E-state index in [0.717, 1.165) is 0 Å². The maximum absolute atomic E-state index is 12.3. The summed E-state index contributed by atoms with van der Waals surface area (Å²) in [4.78, 5) is 25.3. The van der Waals surface area contributed by atoms with Crippen LogP contribution in [0.4, 0.5) is 4.79 Å². The van der Waals surface area contributed by atoms with E-state index in [1.807, 2.05) is 13.8 Å². The highest BCUT2D eigenvalue weighted by molar-refractivity contribution is 5.83. The van der Waals surface area contributed by atoms with Crippen LogP contribution >= 0.6 is 0 Å². The van der Waals surface area contributed by atoms with Crippen molar-refractivity contribution < 1.29 is 19.4 Å². The van der Waals surface area contributed by atoms with Crippen molar-refractivity contribution in [3.63, 3.8) is 0 Å². The lowest BCUT2D eigenvalue weighted by Gasteiger charge is -2.35. The minimum Gasteiger partial charge on any atom is -0.479 e. The molecule has 3 unspecified atom stereocenters. The monoisotopic (exact) mass is 292 g/mol. The quantitative estimate of drug-likeness (QED) is 0.887. The summed E-state index contributed by atoms with van der Waals surface area (Å²) in [7, 11) is 0. The number of carboxylic acids is 1. The molecule has 1 aromatic rings. The Morgan fingerprint density at radius 1 is 1.24 bits per heavy atom. The van der Waals surface area contributed by atoms with Crippen molar-refractivity contribution in [3.05, 3.63) is 35.9 Å². The summed E-state index contributed by atoms with van der Waals surface area (Å²) < 4.78 is 5.57. The highest BCUT2D eigenvalue weighted by atomic mass is 16.5. The molecule has 2 N–H and O–H groups in total. The number of carbonyl (C=O) groups is 2. The summed E-state index contributed by atoms with van der Waals surface area (Å²) in [5.74, 6) is -1.08. The molecule has 0 saturated carbocycles. The van der Waals surface area contributed by atoms with E-state index in [9.17, 15) is 14.7 Å². The van der Waals surface area contributed by atoms with E-state index in [0.29, 0.717) is 18.7 Å². The Hall–Kier alpha value is -2.08. The summed E-state index contributed by atoms with van der Waals surface area (Å²) >= 11 is 0. The molecule has 0 spiro atoms. The van der Waals surface area contributed by atoms with Crippen molar-refractivity contribution in [1.29, 1.82) is 0 Å². The Kier molecular flexibility index (Phi) is 4.80. The van der Waals surface area contributed by atoms with Crippen molar-refractivity contribution in [2.24, 2.45) is 0 Å². The SMILES string of the molecule is CC1CN(C(=O)NC(C(=O)O)c2ccccc2)CC(C)O1. The van der Waals surface area contributed by atoms with Crippen molar-refractivity contribution in [1.82, 2.24) is 10.2 Å². The maximum Gasteiger partial charge on any atom is 0.330 e. The molecule has 1 heterocycles. The van der Waals surface area contributed by atoms with Crippen LogP contribution < -0.4 is 5.32 Å². The van der Waals surface area contributed by atoms with Crippen molar-refractivity contribution >= 4 is 12.0 Å². The molecule has 3 atom stereocenters. The molecular weight excluding hydrogens is 272 g/mol. The van der Waals surface area contributed by atoms with Crippen LogP contribution in [-0.2, 0) is 9.53 Å². The van der Waals surface area contributed by atoms with Gasteiger partial charge >= 0.3 is 12.0 Å². The van der Waals surface area contributed by atoms with Gasteiger partial charge in [0.15, 0.2) is 6.04 Å². The van der Waals surface area contributed by atoms with Gasteiger partial charge in [0.25, 0.3) is 0 Å². The molecule has 0 radical (unpaired) electrons. The fraction of sp³-hybridized carbons (Fsp3) is 0.467. The first-order chi connectivity index (χ1) is 9.97. The third-order valence-corrected chi connectivity index (χ3v) is 3.35. The van der Waals surface area contributed by atoms with Gasteiger partial charge in [-0.15, -0.1) is 0 Å². The Morgan fingerprint density at radius 3 is 2.33 bits per heavy atom. The molecular formula is C15H20N2O4. The predicted octanol–water partition coefficient (Wildman–Crippen LogP) is 1.63. The lowest BCUT2D eigenvalue weighted by molar-refractivity contribution is -0.139. The second kappa shape index (κ2) is 6.58. The van der Waals surface area contributed by atoms with Gasteiger partial charge in [-0.05, 0) is 19.4 Å². The average Bonchev–Trinajstić information content (AvgIpc) is 2.44. The van der Waals surface area contributed by atoms with E-state index in [1.165, 1.54) is 0 Å². The molecule has 2 rings (SSSR count). The first kappa shape index (κ1) is 15.3. The summed E-state index contributed by atoms with van der Waals surface area (Å²) in [6.45, 7) is 4.69. The molecule has 6 nitrogen and oxygen atoms in total. The number of carbonyl (C=O) groups excluding carboxylic acids is 1. The van der Waals surface area contributed by atoms with E-state index in [4.69, 9.17) is 4.74 Å². The number of ether oxygens (including phenoxy) is 1. The first-order valence-electron chi connectivity index (χ1n) is 6.96. The third-order valence-electron chi connectivity index (χ3n) is 3.35. The van der Waals surface area contributed by atoms with Gasteiger partial charge in [-0.25, -0.2) is 9.59 Å². The number of nitrogens with one attached hydrogen (secondary N) is 1. The fourth-order valence-corrected chi connectivity index (χ4v) is 2.49. The fourth-order valence-electron chi connectivity index (χ4n) is 2.49. The number of rotatable bonds is 3. The van der Waals surface area contributed by atoms with Gasteiger partial charge in [0.05, 0.1) is 12.2 Å². The average molecular weight is 292 g/mol. The standard InChI is InChI=1S/C15H20N2O4/c1-10-8-17(9-11(2)21-10)15(20)16-13(14(18)19)12-6-4-3-5-7-12/h3-7,10-11,13H,8-9H2,1-2H3,(H,16,20)(H,18,19). The summed E-state index contributed by atoms with van der Waals surface area (Å²) in [6.07, 6.45) is -0.112. The lowest BCUT2D eigenvalue weighted by atomic mass is 10.1. The Morgan fingerprint density at radius 2 is 1.81 bits per heavy atom. The van der Waals surface area contributed by atoms with Gasteiger partial charge in [-0.3, -0.25) is 0 Å². The largest absolute Gasteiger partial charge is 0.479 e. The summed E-state index contributed by atoms with van der Waals surface area (Å²) in [6, 6.07) is 7.23. The molecule has 1 fully saturated rings. The van der Waals surface area contributed by atoms with E-state index >= 15 is 0 Å². The molecule has 1 saturated heterocycles. The van der Waals surface area contributed by atoms with E-state index in [1.54, 1.807) is 35.2 Å². The second-order valence-corrected chi connectivity index (χ2v) is 5.29.